The van der Waals surface area contributed by atoms with Crippen LogP contribution in [0.1, 0.15) is 10.4 Å². The molecule has 0 saturated carbocycles. The summed E-state index contributed by atoms with van der Waals surface area (Å²) in [6.07, 6.45) is 0. The quantitative estimate of drug-likeness (QED) is 0.670. The van der Waals surface area contributed by atoms with E-state index in [0.29, 0.717) is 4.47 Å². The van der Waals surface area contributed by atoms with Crippen molar-refractivity contribution in [1.29, 1.82) is 0 Å². The third-order valence-electron chi connectivity index (χ3n) is 2.11. The average molecular weight is 317 g/mol. The van der Waals surface area contributed by atoms with E-state index in [-0.39, 0.29) is 11.3 Å². The minimum absolute atomic E-state index is 0.0490. The number of hydrogen-bond acceptors (Lipinski definition) is 4. The molecule has 0 atom stereocenters. The molecule has 8 heteroatoms. The van der Waals surface area contributed by atoms with Crippen LogP contribution in [0.3, 0.4) is 0 Å². The maximum absolute atomic E-state index is 11.9. The third-order valence-corrected chi connectivity index (χ3v) is 2.80. The van der Waals surface area contributed by atoms with Gasteiger partial charge in [0.25, 0.3) is 11.6 Å². The highest BCUT2D eigenvalue weighted by molar-refractivity contribution is 9.10. The lowest BCUT2D eigenvalue weighted by Crippen LogP contribution is -2.32. The van der Waals surface area contributed by atoms with E-state index in [9.17, 15) is 19.7 Å². The predicted molar refractivity (Wildman–Crippen MR) is 65.4 cm³/mol. The summed E-state index contributed by atoms with van der Waals surface area (Å²) in [5.74, 6) is -1.76. The Morgan fingerprint density at radius 1 is 1.50 bits per heavy atom. The maximum Gasteiger partial charge on any atom is 0.323 e. The Bertz CT molecular complexity index is 517. The van der Waals surface area contributed by atoms with Gasteiger partial charge >= 0.3 is 5.97 Å². The fourth-order valence-corrected chi connectivity index (χ4v) is 1.69. The highest BCUT2D eigenvalue weighted by Gasteiger charge is 2.19. The molecule has 0 bridgehead atoms. The SMILES string of the molecule is CN(CC(=O)O)C(=O)c1cc([N+](=O)[O-])ccc1Br. The molecular weight excluding hydrogens is 308 g/mol. The van der Waals surface area contributed by atoms with Gasteiger partial charge in [0.05, 0.1) is 10.5 Å². The first kappa shape index (κ1) is 14.1. The number of hydrogen-bond donors (Lipinski definition) is 1. The second kappa shape index (κ2) is 5.58. The van der Waals surface area contributed by atoms with Gasteiger partial charge in [-0.25, -0.2) is 0 Å². The largest absolute Gasteiger partial charge is 0.480 e. The first-order valence-corrected chi connectivity index (χ1v) is 5.53. The molecule has 0 aliphatic rings. The van der Waals surface area contributed by atoms with Gasteiger partial charge in [0.15, 0.2) is 0 Å². The van der Waals surface area contributed by atoms with Crippen molar-refractivity contribution in [3.63, 3.8) is 0 Å². The van der Waals surface area contributed by atoms with Gasteiger partial charge in [0.1, 0.15) is 6.54 Å². The number of likely N-dealkylation sites (N-methyl/N-ethyl adjacent to an activating group) is 1. The highest BCUT2D eigenvalue weighted by Crippen LogP contribution is 2.23. The zero-order valence-corrected chi connectivity index (χ0v) is 10.9. The number of nitrogens with zero attached hydrogens (tertiary/aromatic N) is 2. The van der Waals surface area contributed by atoms with Crippen molar-refractivity contribution in [2.24, 2.45) is 0 Å². The summed E-state index contributed by atoms with van der Waals surface area (Å²) in [5.41, 5.74) is -0.182. The minimum Gasteiger partial charge on any atom is -0.480 e. The molecule has 0 fully saturated rings. The Hall–Kier alpha value is -1.96. The topological polar surface area (TPSA) is 101 Å². The van der Waals surface area contributed by atoms with Crippen LogP contribution in [0.15, 0.2) is 22.7 Å². The number of halogens is 1. The number of nitro groups is 1. The molecule has 0 radical (unpaired) electrons. The van der Waals surface area contributed by atoms with Crippen LogP contribution < -0.4 is 0 Å². The summed E-state index contributed by atoms with van der Waals surface area (Å²) in [5, 5.41) is 19.2. The number of carboxylic acids is 1. The van der Waals surface area contributed by atoms with E-state index in [2.05, 4.69) is 15.9 Å². The second-order valence-electron chi connectivity index (χ2n) is 3.48. The lowest BCUT2D eigenvalue weighted by molar-refractivity contribution is -0.384. The van der Waals surface area contributed by atoms with Crippen LogP contribution in [0.4, 0.5) is 5.69 Å². The van der Waals surface area contributed by atoms with Gasteiger partial charge in [-0.3, -0.25) is 19.7 Å². The molecule has 0 aliphatic heterocycles. The first-order valence-electron chi connectivity index (χ1n) is 4.74. The first-order chi connectivity index (χ1) is 8.32. The summed E-state index contributed by atoms with van der Waals surface area (Å²) in [6.45, 7) is -0.478. The van der Waals surface area contributed by atoms with E-state index in [1.54, 1.807) is 0 Å². The van der Waals surface area contributed by atoms with E-state index in [0.717, 1.165) is 11.0 Å². The van der Waals surface area contributed by atoms with Crippen molar-refractivity contribution in [2.45, 2.75) is 0 Å². The number of carbonyl (C=O) groups is 2. The maximum atomic E-state index is 11.9. The van der Waals surface area contributed by atoms with Crippen molar-refractivity contribution < 1.29 is 19.6 Å². The Balaban J connectivity index is 3.08. The van der Waals surface area contributed by atoms with Crippen molar-refractivity contribution in [3.8, 4) is 0 Å². The molecule has 1 N–H and O–H groups in total. The molecule has 1 aromatic carbocycles. The number of carboxylic acid groups (broad SMARTS) is 1. The van der Waals surface area contributed by atoms with Crippen molar-refractivity contribution in [3.05, 3.63) is 38.3 Å². The van der Waals surface area contributed by atoms with E-state index in [1.807, 2.05) is 0 Å². The molecule has 1 amide bonds. The Kier molecular flexibility index (Phi) is 4.38. The Labute approximate surface area is 110 Å². The predicted octanol–water partition coefficient (Wildman–Crippen LogP) is 1.51. The van der Waals surface area contributed by atoms with E-state index in [1.165, 1.54) is 19.2 Å². The van der Waals surface area contributed by atoms with Gasteiger partial charge in [-0.2, -0.15) is 0 Å². The van der Waals surface area contributed by atoms with E-state index in [4.69, 9.17) is 5.11 Å². The lowest BCUT2D eigenvalue weighted by atomic mass is 10.2. The fourth-order valence-electron chi connectivity index (χ4n) is 1.27. The van der Waals surface area contributed by atoms with Crippen LogP contribution in [0.2, 0.25) is 0 Å². The molecule has 0 aliphatic carbocycles. The van der Waals surface area contributed by atoms with Gasteiger partial charge in [-0.1, -0.05) is 0 Å². The smallest absolute Gasteiger partial charge is 0.323 e. The van der Waals surface area contributed by atoms with Crippen LogP contribution in [0, 0.1) is 10.1 Å². The molecule has 1 rings (SSSR count). The molecule has 0 aromatic heterocycles. The third kappa shape index (κ3) is 3.27. The highest BCUT2D eigenvalue weighted by atomic mass is 79.9. The molecule has 18 heavy (non-hydrogen) atoms. The van der Waals surface area contributed by atoms with E-state index >= 15 is 0 Å². The van der Waals surface area contributed by atoms with Gasteiger partial charge in [0, 0.05) is 23.7 Å². The number of carbonyl (C=O) groups excluding carboxylic acids is 1. The molecule has 0 unspecified atom stereocenters. The summed E-state index contributed by atoms with van der Waals surface area (Å²) >= 11 is 3.10. The summed E-state index contributed by atoms with van der Waals surface area (Å²) in [6, 6.07) is 3.72. The lowest BCUT2D eigenvalue weighted by Gasteiger charge is -2.15. The van der Waals surface area contributed by atoms with Crippen LogP contribution in [-0.4, -0.2) is 40.4 Å². The number of nitro benzene ring substituents is 1. The number of amides is 1. The van der Waals surface area contributed by atoms with Gasteiger partial charge in [0.2, 0.25) is 0 Å². The van der Waals surface area contributed by atoms with Crippen LogP contribution in [0.25, 0.3) is 0 Å². The number of non-ortho nitro benzene ring substituents is 1. The number of aliphatic carboxylic acids is 1. The van der Waals surface area contributed by atoms with Crippen molar-refractivity contribution in [2.75, 3.05) is 13.6 Å². The number of rotatable bonds is 4. The Morgan fingerprint density at radius 2 is 2.11 bits per heavy atom. The molecular formula is C10H9BrN2O5. The fraction of sp³-hybridized carbons (Fsp3) is 0.200. The van der Waals surface area contributed by atoms with Gasteiger partial charge < -0.3 is 10.0 Å². The standard InChI is InChI=1S/C10H9BrN2O5/c1-12(5-9(14)15)10(16)7-4-6(13(17)18)2-3-8(7)11/h2-4H,5H2,1H3,(H,14,15). The molecule has 0 saturated heterocycles. The average Bonchev–Trinajstić information content (AvgIpc) is 2.27. The second-order valence-corrected chi connectivity index (χ2v) is 4.33. The zero-order valence-electron chi connectivity index (χ0n) is 9.29. The monoisotopic (exact) mass is 316 g/mol. The molecule has 0 spiro atoms. The Morgan fingerprint density at radius 3 is 2.61 bits per heavy atom. The van der Waals surface area contributed by atoms with Crippen LogP contribution >= 0.6 is 15.9 Å². The van der Waals surface area contributed by atoms with Crippen LogP contribution in [0.5, 0.6) is 0 Å². The molecule has 96 valence electrons. The van der Waals surface area contributed by atoms with E-state index < -0.39 is 23.3 Å². The molecule has 7 nitrogen and oxygen atoms in total. The van der Waals surface area contributed by atoms with Crippen molar-refractivity contribution in [1.82, 2.24) is 4.90 Å². The zero-order chi connectivity index (χ0) is 13.9. The summed E-state index contributed by atoms with van der Waals surface area (Å²) in [4.78, 5) is 33.3. The molecule has 0 heterocycles. The van der Waals surface area contributed by atoms with Gasteiger partial charge in [-0.15, -0.1) is 0 Å². The summed E-state index contributed by atoms with van der Waals surface area (Å²) < 4.78 is 0.371. The minimum atomic E-state index is -1.16. The summed E-state index contributed by atoms with van der Waals surface area (Å²) in [7, 11) is 1.31. The van der Waals surface area contributed by atoms with Crippen molar-refractivity contribution >= 4 is 33.5 Å². The molecule has 1 aromatic rings. The normalized spacial score (nSPS) is 9.89. The number of benzene rings is 1. The van der Waals surface area contributed by atoms with Crippen LogP contribution in [-0.2, 0) is 4.79 Å². The van der Waals surface area contributed by atoms with Gasteiger partial charge in [-0.05, 0) is 22.0 Å².